The van der Waals surface area contributed by atoms with Crippen molar-refractivity contribution in [1.29, 1.82) is 0 Å². The van der Waals surface area contributed by atoms with Crippen molar-refractivity contribution in [3.8, 4) is 22.8 Å². The van der Waals surface area contributed by atoms with Gasteiger partial charge in [0.25, 0.3) is 0 Å². The summed E-state index contributed by atoms with van der Waals surface area (Å²) in [4.78, 5) is 17.6. The summed E-state index contributed by atoms with van der Waals surface area (Å²) in [5.74, 6) is 1.20. The number of pyridine rings is 1. The Morgan fingerprint density at radius 1 is 0.972 bits per heavy atom. The molecule has 5 aromatic rings. The zero-order valence-corrected chi connectivity index (χ0v) is 21.5. The van der Waals surface area contributed by atoms with Crippen LogP contribution in [0.15, 0.2) is 95.6 Å². The predicted octanol–water partition coefficient (Wildman–Crippen LogP) is 6.91. The molecule has 7 heteroatoms. The number of esters is 1. The molecule has 2 aromatic heterocycles. The van der Waals surface area contributed by atoms with Crippen LogP contribution < -0.4 is 14.8 Å². The van der Waals surface area contributed by atoms with Gasteiger partial charge in [-0.25, -0.2) is 9.78 Å². The summed E-state index contributed by atoms with van der Waals surface area (Å²) in [6.07, 6.45) is 2.01. The van der Waals surface area contributed by atoms with Gasteiger partial charge in [0.15, 0.2) is 11.5 Å². The maximum Gasteiger partial charge on any atom is 0.343 e. The number of carbonyl (C=O) groups is 1. The van der Waals surface area contributed by atoms with E-state index in [-0.39, 0.29) is 0 Å². The van der Waals surface area contributed by atoms with Gasteiger partial charge in [0.2, 0.25) is 0 Å². The first-order valence-electron chi connectivity index (χ1n) is 11.4. The minimum Gasteiger partial charge on any atom is -0.493 e. The van der Waals surface area contributed by atoms with Crippen LogP contribution in [-0.2, 0) is 6.54 Å². The van der Waals surface area contributed by atoms with E-state index in [4.69, 9.17) is 14.5 Å². The topological polar surface area (TPSA) is 64.9 Å². The number of nitrogens with zero attached hydrogens (tertiary/aromatic N) is 2. The van der Waals surface area contributed by atoms with Crippen LogP contribution >= 0.6 is 15.9 Å². The lowest BCUT2D eigenvalue weighted by atomic mass is 10.1. The summed E-state index contributed by atoms with van der Waals surface area (Å²) in [7, 11) is 1.55. The van der Waals surface area contributed by atoms with Gasteiger partial charge in [-0.1, -0.05) is 46.3 Å². The second kappa shape index (κ2) is 10.3. The van der Waals surface area contributed by atoms with Crippen LogP contribution in [0.3, 0.4) is 0 Å². The molecule has 0 saturated carbocycles. The lowest BCUT2D eigenvalue weighted by Gasteiger charge is -2.12. The van der Waals surface area contributed by atoms with Crippen LogP contribution in [0.25, 0.3) is 16.9 Å². The highest BCUT2D eigenvalue weighted by atomic mass is 79.9. The van der Waals surface area contributed by atoms with E-state index in [1.165, 1.54) is 5.56 Å². The van der Waals surface area contributed by atoms with Crippen LogP contribution in [-0.4, -0.2) is 22.5 Å². The van der Waals surface area contributed by atoms with Gasteiger partial charge in [0.05, 0.1) is 12.7 Å². The maximum absolute atomic E-state index is 12.7. The van der Waals surface area contributed by atoms with Crippen LogP contribution in [0.1, 0.15) is 21.5 Å². The van der Waals surface area contributed by atoms with E-state index in [2.05, 4.69) is 39.4 Å². The zero-order chi connectivity index (χ0) is 25.1. The Morgan fingerprint density at radius 3 is 2.50 bits per heavy atom. The Balaban J connectivity index is 1.49. The molecule has 0 unspecified atom stereocenters. The van der Waals surface area contributed by atoms with Gasteiger partial charge in [-0.2, -0.15) is 0 Å². The van der Waals surface area contributed by atoms with Crippen molar-refractivity contribution in [3.05, 3.63) is 112 Å². The monoisotopic (exact) mass is 541 g/mol. The van der Waals surface area contributed by atoms with Crippen LogP contribution in [0, 0.1) is 6.92 Å². The van der Waals surface area contributed by atoms with Gasteiger partial charge in [0, 0.05) is 22.8 Å². The number of imidazole rings is 1. The summed E-state index contributed by atoms with van der Waals surface area (Å²) in [5, 5.41) is 3.55. The minimum absolute atomic E-state index is 0.340. The number of hydrogen-bond acceptors (Lipinski definition) is 5. The summed E-state index contributed by atoms with van der Waals surface area (Å²) in [6, 6.07) is 26.8. The van der Waals surface area contributed by atoms with Gasteiger partial charge in [-0.15, -0.1) is 0 Å². The van der Waals surface area contributed by atoms with E-state index in [1.54, 1.807) is 37.4 Å². The lowest BCUT2D eigenvalue weighted by Crippen LogP contribution is -2.09. The SMILES string of the molecule is COc1cc(-c2nc3cc(C)ccn3c2NCc2ccccc2)ccc1OC(=O)c1ccc(Br)cc1. The predicted molar refractivity (Wildman–Crippen MR) is 145 cm³/mol. The molecule has 1 N–H and O–H groups in total. The number of aromatic nitrogens is 2. The number of rotatable bonds is 7. The molecule has 0 saturated heterocycles. The fourth-order valence-electron chi connectivity index (χ4n) is 3.94. The Hall–Kier alpha value is -4.10. The number of anilines is 1. The average Bonchev–Trinajstić information content (AvgIpc) is 3.26. The molecule has 0 spiro atoms. The van der Waals surface area contributed by atoms with E-state index in [1.807, 2.05) is 53.9 Å². The van der Waals surface area contributed by atoms with E-state index in [0.29, 0.717) is 23.6 Å². The molecular weight excluding hydrogens is 518 g/mol. The molecule has 0 aliphatic rings. The van der Waals surface area contributed by atoms with Crippen LogP contribution in [0.5, 0.6) is 11.5 Å². The number of methoxy groups -OCH3 is 1. The number of halogens is 1. The molecule has 0 fully saturated rings. The highest BCUT2D eigenvalue weighted by Crippen LogP contribution is 2.36. The number of hydrogen-bond donors (Lipinski definition) is 1. The molecule has 0 amide bonds. The molecule has 180 valence electrons. The molecule has 5 rings (SSSR count). The molecule has 3 aromatic carbocycles. The number of benzene rings is 3. The first-order chi connectivity index (χ1) is 17.5. The van der Waals surface area contributed by atoms with Gasteiger partial charge in [0.1, 0.15) is 17.2 Å². The van der Waals surface area contributed by atoms with Gasteiger partial charge < -0.3 is 14.8 Å². The second-order valence-corrected chi connectivity index (χ2v) is 9.26. The Bertz CT molecular complexity index is 1530. The number of fused-ring (bicyclic) bond motifs is 1. The van der Waals surface area contributed by atoms with E-state index < -0.39 is 5.97 Å². The number of nitrogens with one attached hydrogen (secondary N) is 1. The molecule has 0 aliphatic heterocycles. The third-order valence-corrected chi connectivity index (χ3v) is 6.33. The molecule has 0 radical (unpaired) electrons. The molecule has 2 heterocycles. The summed E-state index contributed by atoms with van der Waals surface area (Å²) in [5.41, 5.74) is 5.20. The molecule has 0 bridgehead atoms. The van der Waals surface area contributed by atoms with Gasteiger partial charge in [-0.05, 0) is 72.6 Å². The fraction of sp³-hybridized carbons (Fsp3) is 0.103. The average molecular weight is 542 g/mol. The molecule has 6 nitrogen and oxygen atoms in total. The second-order valence-electron chi connectivity index (χ2n) is 8.34. The van der Waals surface area contributed by atoms with Crippen LogP contribution in [0.4, 0.5) is 5.82 Å². The number of carbonyl (C=O) groups excluding carboxylic acids is 1. The lowest BCUT2D eigenvalue weighted by molar-refractivity contribution is 0.0729. The Kier molecular flexibility index (Phi) is 6.73. The molecular formula is C29H24BrN3O3. The van der Waals surface area contributed by atoms with Crippen molar-refractivity contribution in [2.75, 3.05) is 12.4 Å². The van der Waals surface area contributed by atoms with Crippen molar-refractivity contribution in [2.45, 2.75) is 13.5 Å². The third-order valence-electron chi connectivity index (χ3n) is 5.80. The summed E-state index contributed by atoms with van der Waals surface area (Å²) >= 11 is 3.38. The van der Waals surface area contributed by atoms with E-state index in [9.17, 15) is 4.79 Å². The molecule has 0 aliphatic carbocycles. The van der Waals surface area contributed by atoms with Gasteiger partial charge in [-0.3, -0.25) is 4.40 Å². The van der Waals surface area contributed by atoms with Gasteiger partial charge >= 0.3 is 5.97 Å². The zero-order valence-electron chi connectivity index (χ0n) is 19.9. The quantitative estimate of drug-likeness (QED) is 0.179. The highest BCUT2D eigenvalue weighted by molar-refractivity contribution is 9.10. The summed E-state index contributed by atoms with van der Waals surface area (Å²) < 4.78 is 14.2. The Morgan fingerprint density at radius 2 is 1.75 bits per heavy atom. The first kappa shape index (κ1) is 23.6. The minimum atomic E-state index is -0.457. The van der Waals surface area contributed by atoms with Crippen molar-refractivity contribution >= 4 is 33.4 Å². The molecule has 36 heavy (non-hydrogen) atoms. The highest BCUT2D eigenvalue weighted by Gasteiger charge is 2.18. The maximum atomic E-state index is 12.7. The normalized spacial score (nSPS) is 10.9. The van der Waals surface area contributed by atoms with Crippen molar-refractivity contribution < 1.29 is 14.3 Å². The number of aryl methyl sites for hydroxylation is 1. The largest absolute Gasteiger partial charge is 0.493 e. The van der Waals surface area contributed by atoms with E-state index >= 15 is 0 Å². The Labute approximate surface area is 217 Å². The number of ether oxygens (including phenoxy) is 2. The van der Waals surface area contributed by atoms with Crippen molar-refractivity contribution in [1.82, 2.24) is 9.38 Å². The van der Waals surface area contributed by atoms with E-state index in [0.717, 1.165) is 32.8 Å². The molecule has 0 atom stereocenters. The standard InChI is InChI=1S/C29H24BrN3O3/c1-19-14-15-33-26(16-19)32-27(28(33)31-18-20-6-4-3-5-7-20)22-10-13-24(25(17-22)35-2)36-29(34)21-8-11-23(30)12-9-21/h3-17,31H,18H2,1-2H3. The smallest absolute Gasteiger partial charge is 0.343 e. The summed E-state index contributed by atoms with van der Waals surface area (Å²) in [6.45, 7) is 2.69. The van der Waals surface area contributed by atoms with Crippen molar-refractivity contribution in [3.63, 3.8) is 0 Å². The van der Waals surface area contributed by atoms with Crippen LogP contribution in [0.2, 0.25) is 0 Å². The first-order valence-corrected chi connectivity index (χ1v) is 12.2. The van der Waals surface area contributed by atoms with Crippen molar-refractivity contribution in [2.24, 2.45) is 0 Å². The third kappa shape index (κ3) is 4.97. The fourth-order valence-corrected chi connectivity index (χ4v) is 4.21.